The molecule has 1 rings (SSSR count). The smallest absolute Gasteiger partial charge is 0.227 e. The molecule has 6 heteroatoms. The lowest BCUT2D eigenvalue weighted by Crippen LogP contribution is -2.24. The lowest BCUT2D eigenvalue weighted by atomic mass is 10.0. The van der Waals surface area contributed by atoms with Crippen LogP contribution in [0, 0.1) is 5.92 Å². The first kappa shape index (κ1) is 15.5. The minimum Gasteiger partial charge on any atom is -0.409 e. The van der Waals surface area contributed by atoms with Crippen LogP contribution in [0.25, 0.3) is 0 Å². The van der Waals surface area contributed by atoms with Crippen molar-refractivity contribution in [1.29, 1.82) is 0 Å². The van der Waals surface area contributed by atoms with E-state index in [1.807, 2.05) is 13.8 Å². The third-order valence-corrected chi connectivity index (χ3v) is 3.47. The van der Waals surface area contributed by atoms with Crippen molar-refractivity contribution in [2.24, 2.45) is 16.8 Å². The Hall–Kier alpha value is -1.56. The van der Waals surface area contributed by atoms with Gasteiger partial charge in [-0.3, -0.25) is 4.79 Å². The molecule has 5 nitrogen and oxygen atoms in total. The Morgan fingerprint density at radius 3 is 2.63 bits per heavy atom. The molecule has 1 amide bonds. The van der Waals surface area contributed by atoms with Crippen molar-refractivity contribution < 1.29 is 10.0 Å². The Balaban J connectivity index is 3.05. The first-order chi connectivity index (χ1) is 9.03. The molecule has 0 atom stereocenters. The maximum atomic E-state index is 12.1. The van der Waals surface area contributed by atoms with Crippen molar-refractivity contribution in [3.8, 4) is 0 Å². The summed E-state index contributed by atoms with van der Waals surface area (Å²) in [6.07, 6.45) is 1.55. The van der Waals surface area contributed by atoms with E-state index in [-0.39, 0.29) is 17.7 Å². The molecule has 19 heavy (non-hydrogen) atoms. The molecular formula is C13H18BrN3O2. The van der Waals surface area contributed by atoms with Gasteiger partial charge in [-0.15, -0.1) is 0 Å². The van der Waals surface area contributed by atoms with Crippen LogP contribution in [-0.4, -0.2) is 17.0 Å². The lowest BCUT2D eigenvalue weighted by molar-refractivity contribution is -0.120. The second kappa shape index (κ2) is 7.13. The van der Waals surface area contributed by atoms with Gasteiger partial charge in [0.05, 0.1) is 5.69 Å². The third kappa shape index (κ3) is 3.96. The number of nitrogens with two attached hydrogens (primary N) is 1. The summed E-state index contributed by atoms with van der Waals surface area (Å²) in [7, 11) is 0. The maximum absolute atomic E-state index is 12.1. The van der Waals surface area contributed by atoms with Gasteiger partial charge in [-0.1, -0.05) is 34.9 Å². The molecule has 104 valence electrons. The fourth-order valence-corrected chi connectivity index (χ4v) is 2.15. The molecule has 4 N–H and O–H groups in total. The highest BCUT2D eigenvalue weighted by atomic mass is 79.9. The van der Waals surface area contributed by atoms with Crippen molar-refractivity contribution in [3.63, 3.8) is 0 Å². The molecule has 0 unspecified atom stereocenters. The van der Waals surface area contributed by atoms with Gasteiger partial charge in [0.1, 0.15) is 0 Å². The lowest BCUT2D eigenvalue weighted by Gasteiger charge is -2.15. The van der Waals surface area contributed by atoms with Gasteiger partial charge in [0, 0.05) is 16.0 Å². The number of rotatable bonds is 5. The Morgan fingerprint density at radius 2 is 2.11 bits per heavy atom. The van der Waals surface area contributed by atoms with E-state index in [1.54, 1.807) is 18.2 Å². The normalized spacial score (nSPS) is 11.7. The van der Waals surface area contributed by atoms with Gasteiger partial charge in [0.2, 0.25) is 5.91 Å². The van der Waals surface area contributed by atoms with Crippen LogP contribution in [0.1, 0.15) is 32.3 Å². The van der Waals surface area contributed by atoms with E-state index in [9.17, 15) is 4.79 Å². The predicted octanol–water partition coefficient (Wildman–Crippen LogP) is 2.92. The third-order valence-electron chi connectivity index (χ3n) is 2.98. The number of nitrogens with zero attached hydrogens (tertiary/aromatic N) is 1. The highest BCUT2D eigenvalue weighted by Crippen LogP contribution is 2.23. The zero-order chi connectivity index (χ0) is 14.4. The summed E-state index contributed by atoms with van der Waals surface area (Å²) in [5, 5.41) is 14.6. The Kier molecular flexibility index (Phi) is 5.82. The van der Waals surface area contributed by atoms with Gasteiger partial charge >= 0.3 is 0 Å². The summed E-state index contributed by atoms with van der Waals surface area (Å²) < 4.78 is 0.807. The van der Waals surface area contributed by atoms with Crippen LogP contribution in [0.2, 0.25) is 0 Å². The SMILES string of the molecule is CCC(CC)C(=O)Nc1cc(Br)ccc1/C(N)=N/O. The summed E-state index contributed by atoms with van der Waals surface area (Å²) >= 11 is 3.33. The first-order valence-electron chi connectivity index (χ1n) is 6.11. The van der Waals surface area contributed by atoms with Gasteiger partial charge in [-0.25, -0.2) is 0 Å². The zero-order valence-electron chi connectivity index (χ0n) is 11.0. The number of oxime groups is 1. The van der Waals surface area contributed by atoms with Crippen molar-refractivity contribution in [1.82, 2.24) is 0 Å². The van der Waals surface area contributed by atoms with Crippen molar-refractivity contribution >= 4 is 33.4 Å². The van der Waals surface area contributed by atoms with Gasteiger partial charge in [-0.2, -0.15) is 0 Å². The van der Waals surface area contributed by atoms with Gasteiger partial charge < -0.3 is 16.3 Å². The summed E-state index contributed by atoms with van der Waals surface area (Å²) in [6.45, 7) is 3.94. The number of nitrogens with one attached hydrogen (secondary N) is 1. The van der Waals surface area contributed by atoms with Gasteiger partial charge in [0.15, 0.2) is 5.84 Å². The Morgan fingerprint density at radius 1 is 1.47 bits per heavy atom. The van der Waals surface area contributed by atoms with E-state index in [4.69, 9.17) is 10.9 Å². The van der Waals surface area contributed by atoms with E-state index >= 15 is 0 Å². The number of amidine groups is 1. The second-order valence-corrected chi connectivity index (χ2v) is 5.09. The average Bonchev–Trinajstić information content (AvgIpc) is 2.39. The van der Waals surface area contributed by atoms with E-state index < -0.39 is 0 Å². The number of benzene rings is 1. The first-order valence-corrected chi connectivity index (χ1v) is 6.91. The van der Waals surface area contributed by atoms with Crippen molar-refractivity contribution in [3.05, 3.63) is 28.2 Å². The molecule has 0 saturated heterocycles. The number of hydrogen-bond acceptors (Lipinski definition) is 3. The second-order valence-electron chi connectivity index (χ2n) is 4.18. The number of carbonyl (C=O) groups excluding carboxylic acids is 1. The molecule has 0 heterocycles. The van der Waals surface area contributed by atoms with E-state index in [0.29, 0.717) is 11.3 Å². The quantitative estimate of drug-likeness (QED) is 0.336. The topological polar surface area (TPSA) is 87.7 Å². The zero-order valence-corrected chi connectivity index (χ0v) is 12.6. The number of carbonyl (C=O) groups is 1. The predicted molar refractivity (Wildman–Crippen MR) is 79.4 cm³/mol. The maximum Gasteiger partial charge on any atom is 0.227 e. The summed E-state index contributed by atoms with van der Waals surface area (Å²) in [6, 6.07) is 5.18. The molecule has 0 fully saturated rings. The van der Waals surface area contributed by atoms with E-state index in [2.05, 4.69) is 26.4 Å². The number of amides is 1. The molecule has 0 radical (unpaired) electrons. The molecular weight excluding hydrogens is 310 g/mol. The van der Waals surface area contributed by atoms with Crippen LogP contribution in [0.3, 0.4) is 0 Å². The monoisotopic (exact) mass is 327 g/mol. The summed E-state index contributed by atoms with van der Waals surface area (Å²) in [5.41, 5.74) is 6.62. The van der Waals surface area contributed by atoms with Crippen LogP contribution in [0.15, 0.2) is 27.8 Å². The van der Waals surface area contributed by atoms with E-state index in [0.717, 1.165) is 17.3 Å². The molecule has 0 aliphatic rings. The van der Waals surface area contributed by atoms with Crippen LogP contribution < -0.4 is 11.1 Å². The molecule has 0 spiro atoms. The van der Waals surface area contributed by atoms with Crippen molar-refractivity contribution in [2.75, 3.05) is 5.32 Å². The Labute approximate surface area is 121 Å². The molecule has 0 aliphatic heterocycles. The standard InChI is InChI=1S/C13H18BrN3O2/c1-3-8(4-2)13(18)16-11-7-9(14)5-6-10(11)12(15)17-19/h5-8,19H,3-4H2,1-2H3,(H2,15,17)(H,16,18). The van der Waals surface area contributed by atoms with Gasteiger partial charge in [0.25, 0.3) is 0 Å². The molecule has 0 aromatic heterocycles. The van der Waals surface area contributed by atoms with Crippen LogP contribution >= 0.6 is 15.9 Å². The summed E-state index contributed by atoms with van der Waals surface area (Å²) in [5.74, 6) is -0.137. The van der Waals surface area contributed by atoms with Crippen molar-refractivity contribution in [2.45, 2.75) is 26.7 Å². The molecule has 1 aromatic rings. The largest absolute Gasteiger partial charge is 0.409 e. The Bertz CT molecular complexity index is 485. The fraction of sp³-hybridized carbons (Fsp3) is 0.385. The number of hydrogen-bond donors (Lipinski definition) is 3. The van der Waals surface area contributed by atoms with Crippen LogP contribution in [-0.2, 0) is 4.79 Å². The molecule has 1 aromatic carbocycles. The molecule has 0 aliphatic carbocycles. The minimum atomic E-state index is -0.0601. The molecule has 0 saturated carbocycles. The van der Waals surface area contributed by atoms with Crippen LogP contribution in [0.4, 0.5) is 5.69 Å². The average molecular weight is 328 g/mol. The summed E-state index contributed by atoms with van der Waals surface area (Å²) in [4.78, 5) is 12.1. The van der Waals surface area contributed by atoms with Crippen LogP contribution in [0.5, 0.6) is 0 Å². The highest BCUT2D eigenvalue weighted by Gasteiger charge is 2.17. The fourth-order valence-electron chi connectivity index (χ4n) is 1.79. The van der Waals surface area contributed by atoms with E-state index in [1.165, 1.54) is 0 Å². The number of halogens is 1. The minimum absolute atomic E-state index is 0.0349. The highest BCUT2D eigenvalue weighted by molar-refractivity contribution is 9.10. The number of anilines is 1. The van der Waals surface area contributed by atoms with Gasteiger partial charge in [-0.05, 0) is 31.0 Å². The molecule has 0 bridgehead atoms.